The van der Waals surface area contributed by atoms with E-state index >= 15 is 0 Å². The fourth-order valence-corrected chi connectivity index (χ4v) is 1.93. The van der Waals surface area contributed by atoms with Crippen LogP contribution in [0.15, 0.2) is 18.3 Å². The van der Waals surface area contributed by atoms with Gasteiger partial charge >= 0.3 is 0 Å². The molecule has 0 N–H and O–H groups in total. The van der Waals surface area contributed by atoms with Crippen molar-refractivity contribution in [2.24, 2.45) is 0 Å². The minimum atomic E-state index is 0.343. The Balaban J connectivity index is 2.39. The van der Waals surface area contributed by atoms with E-state index in [-0.39, 0.29) is 0 Å². The van der Waals surface area contributed by atoms with Gasteiger partial charge < -0.3 is 4.74 Å². The first-order valence-electron chi connectivity index (χ1n) is 5.79. The Hall–Kier alpha value is -1.46. The van der Waals surface area contributed by atoms with Crippen LogP contribution in [0.3, 0.4) is 0 Å². The maximum Gasteiger partial charge on any atom is 0.156 e. The van der Waals surface area contributed by atoms with Crippen LogP contribution in [0, 0.1) is 0 Å². The van der Waals surface area contributed by atoms with E-state index in [4.69, 9.17) is 16.3 Å². The third kappa shape index (κ3) is 2.86. The molecular weight excluding hydrogens is 252 g/mol. The zero-order chi connectivity index (χ0) is 13.0. The zero-order valence-electron chi connectivity index (χ0n) is 10.4. The van der Waals surface area contributed by atoms with Crippen molar-refractivity contribution >= 4 is 11.6 Å². The molecule has 0 aromatic carbocycles. The molecular formula is C12H15ClN4O. The van der Waals surface area contributed by atoms with E-state index in [2.05, 4.69) is 22.0 Å². The van der Waals surface area contributed by atoms with Crippen LogP contribution >= 0.6 is 11.6 Å². The summed E-state index contributed by atoms with van der Waals surface area (Å²) in [4.78, 5) is 8.54. The Morgan fingerprint density at radius 1 is 1.39 bits per heavy atom. The molecule has 0 spiro atoms. The molecule has 2 aromatic rings. The molecule has 0 fully saturated rings. The molecule has 0 saturated carbocycles. The highest BCUT2D eigenvalue weighted by Crippen LogP contribution is 2.20. The normalized spacial score (nSPS) is 10.8. The maximum atomic E-state index is 6.00. The quantitative estimate of drug-likeness (QED) is 0.781. The number of aryl methyl sites for hydroxylation is 1. The lowest BCUT2D eigenvalue weighted by atomic mass is 10.3. The van der Waals surface area contributed by atoms with Gasteiger partial charge in [-0.1, -0.05) is 18.5 Å². The molecule has 2 heterocycles. The maximum absolute atomic E-state index is 6.00. The number of rotatable bonds is 5. The summed E-state index contributed by atoms with van der Waals surface area (Å²) >= 11 is 6.00. The van der Waals surface area contributed by atoms with Crippen molar-refractivity contribution in [1.29, 1.82) is 0 Å². The van der Waals surface area contributed by atoms with Crippen LogP contribution in [0.4, 0.5) is 0 Å². The molecule has 0 aliphatic rings. The van der Waals surface area contributed by atoms with Gasteiger partial charge in [-0.2, -0.15) is 5.10 Å². The summed E-state index contributed by atoms with van der Waals surface area (Å²) in [5.41, 5.74) is 1.71. The summed E-state index contributed by atoms with van der Waals surface area (Å²) in [6.07, 6.45) is 2.77. The molecule has 2 rings (SSSR count). The SMILES string of the molecule is CCCn1nccc1-c1cc(Cl)nc(COC)n1. The Bertz CT molecular complexity index is 527. The van der Waals surface area contributed by atoms with Gasteiger partial charge in [0.15, 0.2) is 5.82 Å². The molecule has 0 amide bonds. The van der Waals surface area contributed by atoms with Gasteiger partial charge in [-0.25, -0.2) is 9.97 Å². The molecule has 96 valence electrons. The fourth-order valence-electron chi connectivity index (χ4n) is 1.73. The Morgan fingerprint density at radius 3 is 2.94 bits per heavy atom. The molecule has 18 heavy (non-hydrogen) atoms. The van der Waals surface area contributed by atoms with Crippen LogP contribution in [0.2, 0.25) is 5.15 Å². The molecule has 0 aliphatic carbocycles. The highest BCUT2D eigenvalue weighted by Gasteiger charge is 2.09. The van der Waals surface area contributed by atoms with E-state index in [1.165, 1.54) is 0 Å². The minimum Gasteiger partial charge on any atom is -0.377 e. The number of aromatic nitrogens is 4. The lowest BCUT2D eigenvalue weighted by molar-refractivity contribution is 0.178. The highest BCUT2D eigenvalue weighted by molar-refractivity contribution is 6.29. The molecule has 0 unspecified atom stereocenters. The zero-order valence-corrected chi connectivity index (χ0v) is 11.2. The van der Waals surface area contributed by atoms with Gasteiger partial charge in [0, 0.05) is 25.9 Å². The average molecular weight is 267 g/mol. The van der Waals surface area contributed by atoms with E-state index in [1.54, 1.807) is 19.4 Å². The van der Waals surface area contributed by atoms with Gasteiger partial charge in [0.05, 0.1) is 11.4 Å². The molecule has 0 bridgehead atoms. The average Bonchev–Trinajstić information content (AvgIpc) is 2.77. The first-order chi connectivity index (χ1) is 8.74. The third-order valence-electron chi connectivity index (χ3n) is 2.43. The Morgan fingerprint density at radius 2 is 2.22 bits per heavy atom. The predicted molar refractivity (Wildman–Crippen MR) is 69.3 cm³/mol. The minimum absolute atomic E-state index is 0.343. The molecule has 2 aromatic heterocycles. The van der Waals surface area contributed by atoms with Gasteiger partial charge in [-0.15, -0.1) is 0 Å². The van der Waals surface area contributed by atoms with Crippen molar-refractivity contribution in [2.45, 2.75) is 26.5 Å². The van der Waals surface area contributed by atoms with E-state index in [1.807, 2.05) is 10.7 Å². The number of hydrogen-bond acceptors (Lipinski definition) is 4. The summed E-state index contributed by atoms with van der Waals surface area (Å²) < 4.78 is 6.94. The van der Waals surface area contributed by atoms with Crippen molar-refractivity contribution in [1.82, 2.24) is 19.7 Å². The first kappa shape index (κ1) is 13.0. The second-order valence-electron chi connectivity index (χ2n) is 3.86. The highest BCUT2D eigenvalue weighted by atomic mass is 35.5. The monoisotopic (exact) mass is 266 g/mol. The number of nitrogens with zero attached hydrogens (tertiary/aromatic N) is 4. The van der Waals surface area contributed by atoms with Crippen LogP contribution < -0.4 is 0 Å². The molecule has 6 heteroatoms. The molecule has 0 aliphatic heterocycles. The standard InChI is InChI=1S/C12H15ClN4O/c1-3-6-17-10(4-5-14-17)9-7-11(13)16-12(15-9)8-18-2/h4-5,7H,3,6,8H2,1-2H3. The summed E-state index contributed by atoms with van der Waals surface area (Å²) in [6.45, 7) is 3.30. The molecule has 0 radical (unpaired) electrons. The van der Waals surface area contributed by atoms with Gasteiger partial charge in [0.2, 0.25) is 0 Å². The smallest absolute Gasteiger partial charge is 0.156 e. The summed E-state index contributed by atoms with van der Waals surface area (Å²) in [5, 5.41) is 4.68. The van der Waals surface area contributed by atoms with E-state index in [0.717, 1.165) is 24.4 Å². The number of methoxy groups -OCH3 is 1. The van der Waals surface area contributed by atoms with E-state index in [9.17, 15) is 0 Å². The number of halogens is 1. The van der Waals surface area contributed by atoms with Crippen LogP contribution in [0.1, 0.15) is 19.2 Å². The van der Waals surface area contributed by atoms with Crippen LogP contribution in [0.5, 0.6) is 0 Å². The second-order valence-corrected chi connectivity index (χ2v) is 4.25. The van der Waals surface area contributed by atoms with Crippen LogP contribution in [0.25, 0.3) is 11.4 Å². The van der Waals surface area contributed by atoms with Gasteiger partial charge in [-0.3, -0.25) is 4.68 Å². The second kappa shape index (κ2) is 5.93. The van der Waals surface area contributed by atoms with Gasteiger partial charge in [-0.05, 0) is 12.5 Å². The topological polar surface area (TPSA) is 52.8 Å². The molecule has 5 nitrogen and oxygen atoms in total. The Kier molecular flexibility index (Phi) is 4.28. The predicted octanol–water partition coefficient (Wildman–Crippen LogP) is 2.55. The number of ether oxygens (including phenoxy) is 1. The van der Waals surface area contributed by atoms with Crippen LogP contribution in [-0.2, 0) is 17.9 Å². The van der Waals surface area contributed by atoms with Crippen molar-refractivity contribution in [3.05, 3.63) is 29.3 Å². The molecule has 0 saturated heterocycles. The van der Waals surface area contributed by atoms with Crippen molar-refractivity contribution < 1.29 is 4.74 Å². The lowest BCUT2D eigenvalue weighted by Crippen LogP contribution is -2.04. The lowest BCUT2D eigenvalue weighted by Gasteiger charge is -2.07. The van der Waals surface area contributed by atoms with Gasteiger partial charge in [0.25, 0.3) is 0 Å². The van der Waals surface area contributed by atoms with E-state index in [0.29, 0.717) is 17.6 Å². The first-order valence-corrected chi connectivity index (χ1v) is 6.17. The summed E-state index contributed by atoms with van der Waals surface area (Å²) in [6, 6.07) is 3.66. The van der Waals surface area contributed by atoms with Crippen molar-refractivity contribution in [3.63, 3.8) is 0 Å². The van der Waals surface area contributed by atoms with Crippen molar-refractivity contribution in [2.75, 3.05) is 7.11 Å². The third-order valence-corrected chi connectivity index (χ3v) is 2.62. The van der Waals surface area contributed by atoms with Crippen LogP contribution in [-0.4, -0.2) is 26.9 Å². The number of hydrogen-bond donors (Lipinski definition) is 0. The fraction of sp³-hybridized carbons (Fsp3) is 0.417. The molecule has 0 atom stereocenters. The Labute approximate surface area is 111 Å². The van der Waals surface area contributed by atoms with Crippen molar-refractivity contribution in [3.8, 4) is 11.4 Å². The van der Waals surface area contributed by atoms with Gasteiger partial charge in [0.1, 0.15) is 11.8 Å². The largest absolute Gasteiger partial charge is 0.377 e. The summed E-state index contributed by atoms with van der Waals surface area (Å²) in [5.74, 6) is 0.573. The summed E-state index contributed by atoms with van der Waals surface area (Å²) in [7, 11) is 1.60. The van der Waals surface area contributed by atoms with E-state index < -0.39 is 0 Å².